The van der Waals surface area contributed by atoms with Gasteiger partial charge in [0, 0.05) is 20.9 Å². The molecule has 0 radical (unpaired) electrons. The molecule has 152 valence electrons. The molecule has 0 aliphatic heterocycles. The van der Waals surface area contributed by atoms with Gasteiger partial charge < -0.3 is 4.74 Å². The Morgan fingerprint density at radius 1 is 1.07 bits per heavy atom. The summed E-state index contributed by atoms with van der Waals surface area (Å²) in [5.74, 6) is -0.505. The van der Waals surface area contributed by atoms with Crippen LogP contribution < -0.4 is 10.2 Å². The number of nitrogens with zero attached hydrogens (tertiary/aromatic N) is 2. The summed E-state index contributed by atoms with van der Waals surface area (Å²) < 4.78 is 5.20. The summed E-state index contributed by atoms with van der Waals surface area (Å²) in [5.41, 5.74) is 2.93. The standard InChI is InChI=1S/C21H16ClN3O4S/c22-16-7-11-18(12-8-16)30-17-9-5-15(6-10-17)13-23-24-21(26)14-29-20-4-2-1-3-19(20)25(27)28/h1-13H,14H2,(H,24,26)/b23-13+. The van der Waals surface area contributed by atoms with E-state index in [4.69, 9.17) is 16.3 Å². The molecule has 30 heavy (non-hydrogen) atoms. The van der Waals surface area contributed by atoms with Crippen molar-refractivity contribution in [1.82, 2.24) is 5.43 Å². The van der Waals surface area contributed by atoms with Gasteiger partial charge in [0.1, 0.15) is 0 Å². The lowest BCUT2D eigenvalue weighted by Crippen LogP contribution is -2.24. The highest BCUT2D eigenvalue weighted by Gasteiger charge is 2.14. The van der Waals surface area contributed by atoms with Gasteiger partial charge in [0.15, 0.2) is 12.4 Å². The van der Waals surface area contributed by atoms with Crippen molar-refractivity contribution in [3.8, 4) is 5.75 Å². The maximum absolute atomic E-state index is 11.8. The molecule has 0 fully saturated rings. The van der Waals surface area contributed by atoms with E-state index in [1.165, 1.54) is 24.4 Å². The summed E-state index contributed by atoms with van der Waals surface area (Å²) in [6, 6.07) is 21.1. The van der Waals surface area contributed by atoms with Crippen LogP contribution in [0.25, 0.3) is 0 Å². The van der Waals surface area contributed by atoms with E-state index in [0.29, 0.717) is 5.02 Å². The molecule has 1 N–H and O–H groups in total. The maximum atomic E-state index is 11.8. The fourth-order valence-corrected chi connectivity index (χ4v) is 3.29. The van der Waals surface area contributed by atoms with Crippen LogP contribution in [0.15, 0.2) is 87.7 Å². The molecule has 3 aromatic rings. The minimum atomic E-state index is -0.569. The third-order valence-corrected chi connectivity index (χ3v) is 5.02. The number of ether oxygens (including phenoxy) is 1. The highest BCUT2D eigenvalue weighted by molar-refractivity contribution is 7.99. The summed E-state index contributed by atoms with van der Waals surface area (Å²) in [7, 11) is 0. The van der Waals surface area contributed by atoms with Crippen LogP contribution in [0.3, 0.4) is 0 Å². The Morgan fingerprint density at radius 2 is 1.70 bits per heavy atom. The van der Waals surface area contributed by atoms with E-state index in [0.717, 1.165) is 15.4 Å². The minimum absolute atomic E-state index is 0.0235. The van der Waals surface area contributed by atoms with Crippen molar-refractivity contribution in [1.29, 1.82) is 0 Å². The molecule has 0 unspecified atom stereocenters. The van der Waals surface area contributed by atoms with Crippen LogP contribution in [0.4, 0.5) is 5.69 Å². The van der Waals surface area contributed by atoms with E-state index in [2.05, 4.69) is 10.5 Å². The summed E-state index contributed by atoms with van der Waals surface area (Å²) in [4.78, 5) is 24.3. The van der Waals surface area contributed by atoms with Gasteiger partial charge in [-0.3, -0.25) is 14.9 Å². The van der Waals surface area contributed by atoms with Gasteiger partial charge in [-0.05, 0) is 48.0 Å². The largest absolute Gasteiger partial charge is 0.477 e. The van der Waals surface area contributed by atoms with Crippen LogP contribution in [0.5, 0.6) is 5.75 Å². The third-order valence-electron chi connectivity index (χ3n) is 3.75. The Hall–Kier alpha value is -3.36. The van der Waals surface area contributed by atoms with Crippen LogP contribution >= 0.6 is 23.4 Å². The molecule has 0 saturated carbocycles. The predicted octanol–water partition coefficient (Wildman–Crippen LogP) is 4.93. The number of halogens is 1. The van der Waals surface area contributed by atoms with Crippen LogP contribution in [-0.2, 0) is 4.79 Å². The SMILES string of the molecule is O=C(COc1ccccc1[N+](=O)[O-])N/N=C/c1ccc(Sc2ccc(Cl)cc2)cc1. The monoisotopic (exact) mass is 441 g/mol. The fraction of sp³-hybridized carbons (Fsp3) is 0.0476. The van der Waals surface area contributed by atoms with Gasteiger partial charge in [-0.15, -0.1) is 0 Å². The molecule has 0 aliphatic rings. The second kappa shape index (κ2) is 10.4. The molecule has 1 amide bonds. The van der Waals surface area contributed by atoms with Crippen molar-refractivity contribution >= 4 is 41.2 Å². The van der Waals surface area contributed by atoms with Gasteiger partial charge in [-0.1, -0.05) is 47.6 Å². The molecule has 0 aliphatic carbocycles. The Morgan fingerprint density at radius 3 is 2.37 bits per heavy atom. The van der Waals surface area contributed by atoms with E-state index >= 15 is 0 Å². The Bertz CT molecular complexity index is 1060. The van der Waals surface area contributed by atoms with Crippen molar-refractivity contribution in [2.24, 2.45) is 5.10 Å². The molecule has 0 aromatic heterocycles. The number of nitro groups is 1. The molecule has 7 nitrogen and oxygen atoms in total. The number of nitrogens with one attached hydrogen (secondary N) is 1. The van der Waals surface area contributed by atoms with Gasteiger partial charge in [-0.2, -0.15) is 5.10 Å². The summed E-state index contributed by atoms with van der Waals surface area (Å²) in [6.07, 6.45) is 1.50. The molecule has 0 bridgehead atoms. The number of benzene rings is 3. The third kappa shape index (κ3) is 6.33. The number of para-hydroxylation sites is 2. The van der Waals surface area contributed by atoms with Crippen LogP contribution in [-0.4, -0.2) is 23.7 Å². The first-order valence-corrected chi connectivity index (χ1v) is 9.92. The highest BCUT2D eigenvalue weighted by atomic mass is 35.5. The number of carbonyl (C=O) groups is 1. The van der Waals surface area contributed by atoms with Gasteiger partial charge in [0.2, 0.25) is 0 Å². The minimum Gasteiger partial charge on any atom is -0.477 e. The zero-order valence-corrected chi connectivity index (χ0v) is 17.1. The Balaban J connectivity index is 1.48. The first-order chi connectivity index (χ1) is 14.5. The fourth-order valence-electron chi connectivity index (χ4n) is 2.35. The van der Waals surface area contributed by atoms with Crippen molar-refractivity contribution in [3.05, 3.63) is 93.5 Å². The van der Waals surface area contributed by atoms with Gasteiger partial charge in [-0.25, -0.2) is 5.43 Å². The van der Waals surface area contributed by atoms with E-state index in [-0.39, 0.29) is 11.4 Å². The first-order valence-electron chi connectivity index (χ1n) is 8.73. The lowest BCUT2D eigenvalue weighted by Gasteiger charge is -2.05. The molecule has 0 atom stereocenters. The van der Waals surface area contributed by atoms with Crippen molar-refractivity contribution < 1.29 is 14.5 Å². The molecule has 3 rings (SSSR count). The lowest BCUT2D eigenvalue weighted by molar-refractivity contribution is -0.385. The number of nitro benzene ring substituents is 1. The topological polar surface area (TPSA) is 93.8 Å². The molecule has 0 saturated heterocycles. The molecule has 0 heterocycles. The highest BCUT2D eigenvalue weighted by Crippen LogP contribution is 2.28. The summed E-state index contributed by atoms with van der Waals surface area (Å²) in [5, 5.41) is 15.5. The van der Waals surface area contributed by atoms with Crippen molar-refractivity contribution in [2.75, 3.05) is 6.61 Å². The zero-order valence-electron chi connectivity index (χ0n) is 15.5. The lowest BCUT2D eigenvalue weighted by atomic mass is 10.2. The van der Waals surface area contributed by atoms with E-state index in [1.807, 2.05) is 48.5 Å². The molecule has 3 aromatic carbocycles. The van der Waals surface area contributed by atoms with Gasteiger partial charge >= 0.3 is 5.69 Å². The molecule has 0 spiro atoms. The number of carbonyl (C=O) groups excluding carboxylic acids is 1. The molecular formula is C21H16ClN3O4S. The van der Waals surface area contributed by atoms with Crippen LogP contribution in [0, 0.1) is 10.1 Å². The maximum Gasteiger partial charge on any atom is 0.310 e. The Kier molecular flexibility index (Phi) is 7.42. The van der Waals surface area contributed by atoms with E-state index < -0.39 is 17.4 Å². The normalized spacial score (nSPS) is 10.7. The predicted molar refractivity (Wildman–Crippen MR) is 116 cm³/mol. The van der Waals surface area contributed by atoms with Crippen molar-refractivity contribution in [2.45, 2.75) is 9.79 Å². The molecular weight excluding hydrogens is 426 g/mol. The summed E-state index contributed by atoms with van der Waals surface area (Å²) >= 11 is 7.49. The van der Waals surface area contributed by atoms with E-state index in [1.54, 1.807) is 17.8 Å². The number of hydrogen-bond donors (Lipinski definition) is 1. The summed E-state index contributed by atoms with van der Waals surface area (Å²) in [6.45, 7) is -0.390. The number of hydrogen-bond acceptors (Lipinski definition) is 6. The first kappa shape index (κ1) is 21.4. The van der Waals surface area contributed by atoms with Gasteiger partial charge in [0.05, 0.1) is 11.1 Å². The van der Waals surface area contributed by atoms with Gasteiger partial charge in [0.25, 0.3) is 5.91 Å². The smallest absolute Gasteiger partial charge is 0.310 e. The average Bonchev–Trinajstić information content (AvgIpc) is 2.75. The quantitative estimate of drug-likeness (QED) is 0.304. The van der Waals surface area contributed by atoms with Crippen LogP contribution in [0.2, 0.25) is 5.02 Å². The second-order valence-corrected chi connectivity index (χ2v) is 7.52. The zero-order chi connectivity index (χ0) is 21.3. The van der Waals surface area contributed by atoms with Crippen molar-refractivity contribution in [3.63, 3.8) is 0 Å². The number of rotatable bonds is 8. The average molecular weight is 442 g/mol. The number of amides is 1. The van der Waals surface area contributed by atoms with E-state index in [9.17, 15) is 14.9 Å². The second-order valence-electron chi connectivity index (χ2n) is 5.93. The molecule has 9 heteroatoms. The number of hydrazone groups is 1. The Labute approximate surface area is 181 Å². The van der Waals surface area contributed by atoms with Crippen LogP contribution in [0.1, 0.15) is 5.56 Å².